The monoisotopic (exact) mass is 176 g/mol. The molecule has 0 unspecified atom stereocenters. The standard InChI is InChI=1S/C10H12N2O/c1-8-7-9(2)12-10(11-8)5-4-6-13-3/h7H,6H2,1-3H3. The van der Waals surface area contributed by atoms with Crippen molar-refractivity contribution in [2.24, 2.45) is 0 Å². The lowest BCUT2D eigenvalue weighted by Crippen LogP contribution is -1.94. The van der Waals surface area contributed by atoms with E-state index in [-0.39, 0.29) is 0 Å². The van der Waals surface area contributed by atoms with Crippen LogP contribution in [-0.4, -0.2) is 23.7 Å². The van der Waals surface area contributed by atoms with Crippen LogP contribution in [0.15, 0.2) is 6.07 Å². The molecule has 1 rings (SSSR count). The van der Waals surface area contributed by atoms with Crippen LogP contribution in [0.5, 0.6) is 0 Å². The van der Waals surface area contributed by atoms with Crippen LogP contribution in [0.2, 0.25) is 0 Å². The quantitative estimate of drug-likeness (QED) is 0.601. The van der Waals surface area contributed by atoms with Gasteiger partial charge >= 0.3 is 0 Å². The second-order valence-corrected chi connectivity index (χ2v) is 2.71. The summed E-state index contributed by atoms with van der Waals surface area (Å²) >= 11 is 0. The Morgan fingerprint density at radius 2 is 1.92 bits per heavy atom. The van der Waals surface area contributed by atoms with Crippen molar-refractivity contribution < 1.29 is 4.74 Å². The summed E-state index contributed by atoms with van der Waals surface area (Å²) in [5.41, 5.74) is 1.88. The number of nitrogens with zero attached hydrogens (tertiary/aromatic N) is 2. The molecule has 0 amide bonds. The highest BCUT2D eigenvalue weighted by Crippen LogP contribution is 1.97. The van der Waals surface area contributed by atoms with Gasteiger partial charge in [-0.2, -0.15) is 0 Å². The summed E-state index contributed by atoms with van der Waals surface area (Å²) in [5.74, 6) is 6.20. The summed E-state index contributed by atoms with van der Waals surface area (Å²) in [7, 11) is 1.61. The molecule has 0 N–H and O–H groups in total. The summed E-state index contributed by atoms with van der Waals surface area (Å²) in [6, 6.07) is 1.92. The summed E-state index contributed by atoms with van der Waals surface area (Å²) in [6.45, 7) is 4.27. The largest absolute Gasteiger partial charge is 0.372 e. The first-order valence-electron chi connectivity index (χ1n) is 4.02. The van der Waals surface area contributed by atoms with Crippen molar-refractivity contribution in [1.29, 1.82) is 0 Å². The van der Waals surface area contributed by atoms with Crippen molar-refractivity contribution in [3.05, 3.63) is 23.3 Å². The predicted molar refractivity (Wildman–Crippen MR) is 50.3 cm³/mol. The fourth-order valence-corrected chi connectivity index (χ4v) is 0.969. The maximum atomic E-state index is 4.79. The third-order valence-corrected chi connectivity index (χ3v) is 1.40. The first kappa shape index (κ1) is 9.69. The first-order valence-corrected chi connectivity index (χ1v) is 4.02. The molecule has 0 saturated heterocycles. The second kappa shape index (κ2) is 4.58. The highest BCUT2D eigenvalue weighted by Gasteiger charge is 1.93. The molecular weight excluding hydrogens is 164 g/mol. The summed E-state index contributed by atoms with van der Waals surface area (Å²) in [4.78, 5) is 8.33. The fraction of sp³-hybridized carbons (Fsp3) is 0.400. The molecule has 13 heavy (non-hydrogen) atoms. The minimum absolute atomic E-state index is 0.413. The Labute approximate surface area is 78.2 Å². The van der Waals surface area contributed by atoms with Crippen molar-refractivity contribution in [2.75, 3.05) is 13.7 Å². The number of methoxy groups -OCH3 is 1. The molecule has 0 saturated carbocycles. The first-order chi connectivity index (χ1) is 6.22. The van der Waals surface area contributed by atoms with Crippen molar-refractivity contribution in [3.8, 4) is 11.8 Å². The van der Waals surface area contributed by atoms with Gasteiger partial charge < -0.3 is 4.74 Å². The molecule has 0 aliphatic carbocycles. The third kappa shape index (κ3) is 3.22. The molecule has 1 aromatic rings. The Balaban J connectivity index is 2.85. The van der Waals surface area contributed by atoms with Gasteiger partial charge in [0.25, 0.3) is 0 Å². The van der Waals surface area contributed by atoms with Gasteiger partial charge in [-0.3, -0.25) is 0 Å². The Hall–Kier alpha value is -1.40. The topological polar surface area (TPSA) is 35.0 Å². The number of aryl methyl sites for hydroxylation is 2. The lowest BCUT2D eigenvalue weighted by Gasteiger charge is -1.95. The van der Waals surface area contributed by atoms with E-state index < -0.39 is 0 Å². The predicted octanol–water partition coefficient (Wildman–Crippen LogP) is 1.09. The Morgan fingerprint density at radius 3 is 2.46 bits per heavy atom. The van der Waals surface area contributed by atoms with Crippen LogP contribution in [-0.2, 0) is 4.74 Å². The molecule has 3 nitrogen and oxygen atoms in total. The Bertz CT molecular complexity index is 329. The van der Waals surface area contributed by atoms with Crippen LogP contribution in [0, 0.1) is 25.7 Å². The molecule has 0 spiro atoms. The molecule has 1 aromatic heterocycles. The van der Waals surface area contributed by atoms with Crippen LogP contribution in [0.4, 0.5) is 0 Å². The summed E-state index contributed by atoms with van der Waals surface area (Å²) in [6.07, 6.45) is 0. The van der Waals surface area contributed by atoms with Gasteiger partial charge in [0.05, 0.1) is 0 Å². The van der Waals surface area contributed by atoms with E-state index in [0.717, 1.165) is 11.4 Å². The van der Waals surface area contributed by atoms with Crippen LogP contribution in [0.1, 0.15) is 17.2 Å². The van der Waals surface area contributed by atoms with Crippen molar-refractivity contribution >= 4 is 0 Å². The van der Waals surface area contributed by atoms with Crippen LogP contribution >= 0.6 is 0 Å². The molecule has 0 aromatic carbocycles. The summed E-state index contributed by atoms with van der Waals surface area (Å²) in [5, 5.41) is 0. The average molecular weight is 176 g/mol. The van der Waals surface area contributed by atoms with Gasteiger partial charge in [0.1, 0.15) is 6.61 Å². The molecule has 0 atom stereocenters. The maximum absolute atomic E-state index is 4.79. The minimum Gasteiger partial charge on any atom is -0.372 e. The molecule has 0 aliphatic heterocycles. The highest BCUT2D eigenvalue weighted by molar-refractivity contribution is 5.23. The van der Waals surface area contributed by atoms with Gasteiger partial charge in [0.15, 0.2) is 0 Å². The number of rotatable bonds is 1. The van der Waals surface area contributed by atoms with Gasteiger partial charge in [0, 0.05) is 18.5 Å². The number of aromatic nitrogens is 2. The highest BCUT2D eigenvalue weighted by atomic mass is 16.5. The van der Waals surface area contributed by atoms with Crippen LogP contribution < -0.4 is 0 Å². The zero-order valence-electron chi connectivity index (χ0n) is 8.09. The van der Waals surface area contributed by atoms with Crippen LogP contribution in [0.3, 0.4) is 0 Å². The number of hydrogen-bond donors (Lipinski definition) is 0. The lowest BCUT2D eigenvalue weighted by molar-refractivity contribution is 0.240. The van der Waals surface area contributed by atoms with E-state index in [0.29, 0.717) is 12.4 Å². The van der Waals surface area contributed by atoms with Gasteiger partial charge in [0.2, 0.25) is 5.82 Å². The molecular formula is C10H12N2O. The fourth-order valence-electron chi connectivity index (χ4n) is 0.969. The molecule has 1 heterocycles. The van der Waals surface area contributed by atoms with Crippen LogP contribution in [0.25, 0.3) is 0 Å². The van der Waals surface area contributed by atoms with Crippen molar-refractivity contribution in [2.45, 2.75) is 13.8 Å². The molecule has 0 bridgehead atoms. The van der Waals surface area contributed by atoms with E-state index in [9.17, 15) is 0 Å². The SMILES string of the molecule is COCC#Cc1nc(C)cc(C)n1. The van der Waals surface area contributed by atoms with E-state index >= 15 is 0 Å². The van der Waals surface area contributed by atoms with E-state index in [4.69, 9.17) is 4.74 Å². The van der Waals surface area contributed by atoms with Gasteiger partial charge in [-0.1, -0.05) is 5.92 Å². The average Bonchev–Trinajstić information content (AvgIpc) is 2.03. The lowest BCUT2D eigenvalue weighted by atomic mass is 10.3. The molecule has 68 valence electrons. The van der Waals surface area contributed by atoms with E-state index in [2.05, 4.69) is 21.8 Å². The third-order valence-electron chi connectivity index (χ3n) is 1.40. The minimum atomic E-state index is 0.413. The number of ether oxygens (including phenoxy) is 1. The second-order valence-electron chi connectivity index (χ2n) is 2.71. The molecule has 0 radical (unpaired) electrons. The normalized spacial score (nSPS) is 9.15. The molecule has 0 aliphatic rings. The van der Waals surface area contributed by atoms with Gasteiger partial charge in [-0.15, -0.1) is 0 Å². The van der Waals surface area contributed by atoms with Crippen molar-refractivity contribution in [1.82, 2.24) is 9.97 Å². The van der Waals surface area contributed by atoms with E-state index in [1.165, 1.54) is 0 Å². The molecule has 3 heteroatoms. The van der Waals surface area contributed by atoms with E-state index in [1.54, 1.807) is 7.11 Å². The molecule has 0 fully saturated rings. The Morgan fingerprint density at radius 1 is 1.31 bits per heavy atom. The smallest absolute Gasteiger partial charge is 0.205 e. The number of hydrogen-bond acceptors (Lipinski definition) is 3. The zero-order chi connectivity index (χ0) is 9.68. The summed E-state index contributed by atoms with van der Waals surface area (Å²) < 4.78 is 4.79. The van der Waals surface area contributed by atoms with E-state index in [1.807, 2.05) is 19.9 Å². The Kier molecular flexibility index (Phi) is 3.41. The zero-order valence-corrected chi connectivity index (χ0v) is 8.09. The van der Waals surface area contributed by atoms with Gasteiger partial charge in [-0.25, -0.2) is 9.97 Å². The van der Waals surface area contributed by atoms with Crippen molar-refractivity contribution in [3.63, 3.8) is 0 Å². The maximum Gasteiger partial charge on any atom is 0.205 e. The van der Waals surface area contributed by atoms with Gasteiger partial charge in [-0.05, 0) is 25.8 Å².